The molecule has 1 heteroatoms. The molecule has 0 aliphatic heterocycles. The van der Waals surface area contributed by atoms with Crippen LogP contribution in [-0.2, 0) is 6.42 Å². The lowest BCUT2D eigenvalue weighted by molar-refractivity contribution is 0.181. The fraction of sp³-hybridized carbons (Fsp3) is 0.308. The molecule has 0 saturated heterocycles. The Morgan fingerprint density at radius 2 is 2.07 bits per heavy atom. The molecule has 1 nitrogen and oxygen atoms in total. The summed E-state index contributed by atoms with van der Waals surface area (Å²) in [5.41, 5.74) is 4.90. The Morgan fingerprint density at radius 3 is 2.57 bits per heavy atom. The number of aliphatic hydroxyl groups excluding tert-OH is 1. The molecule has 0 radical (unpaired) electrons. The van der Waals surface area contributed by atoms with Gasteiger partial charge in [0.05, 0.1) is 6.10 Å². The Bertz CT molecular complexity index is 318. The number of hydrogen-bond donors (Lipinski definition) is 1. The molecule has 0 fully saturated rings. The molecule has 0 aliphatic carbocycles. The van der Waals surface area contributed by atoms with E-state index in [1.54, 1.807) is 6.08 Å². The van der Waals surface area contributed by atoms with Crippen LogP contribution < -0.4 is 0 Å². The summed E-state index contributed by atoms with van der Waals surface area (Å²) in [5.74, 6) is 0. The van der Waals surface area contributed by atoms with Gasteiger partial charge >= 0.3 is 0 Å². The van der Waals surface area contributed by atoms with Crippen LogP contribution in [-0.4, -0.2) is 5.11 Å². The molecule has 1 aromatic rings. The first-order valence-electron chi connectivity index (χ1n) is 4.89. The molecule has 0 spiro atoms. The SMILES string of the molecule is C=C=CCC(O)c1ccc(CC)cc1. The summed E-state index contributed by atoms with van der Waals surface area (Å²) in [5, 5.41) is 9.72. The molecule has 74 valence electrons. The molecule has 0 heterocycles. The van der Waals surface area contributed by atoms with Crippen LogP contribution in [0.5, 0.6) is 0 Å². The molecule has 0 aromatic heterocycles. The van der Waals surface area contributed by atoms with Gasteiger partial charge in [-0.1, -0.05) is 37.8 Å². The van der Waals surface area contributed by atoms with Gasteiger partial charge in [0, 0.05) is 6.42 Å². The molecule has 0 aliphatic rings. The van der Waals surface area contributed by atoms with Crippen molar-refractivity contribution in [3.63, 3.8) is 0 Å². The predicted octanol–water partition coefficient (Wildman–Crippen LogP) is 3.01. The van der Waals surface area contributed by atoms with E-state index in [4.69, 9.17) is 0 Å². The van der Waals surface area contributed by atoms with Crippen molar-refractivity contribution in [1.29, 1.82) is 0 Å². The van der Waals surface area contributed by atoms with E-state index in [9.17, 15) is 5.11 Å². The molecule has 1 rings (SSSR count). The minimum atomic E-state index is -0.435. The quantitative estimate of drug-likeness (QED) is 0.720. The van der Waals surface area contributed by atoms with Crippen LogP contribution in [0.4, 0.5) is 0 Å². The van der Waals surface area contributed by atoms with Crippen LogP contribution >= 0.6 is 0 Å². The summed E-state index contributed by atoms with van der Waals surface area (Å²) in [6.07, 6.45) is 2.92. The Morgan fingerprint density at radius 1 is 1.43 bits per heavy atom. The highest BCUT2D eigenvalue weighted by molar-refractivity contribution is 5.24. The molecule has 0 saturated carbocycles. The van der Waals surface area contributed by atoms with Gasteiger partial charge in [-0.05, 0) is 23.6 Å². The number of rotatable bonds is 4. The molecule has 1 N–H and O–H groups in total. The third-order valence-corrected chi connectivity index (χ3v) is 2.26. The second-order valence-corrected chi connectivity index (χ2v) is 3.25. The van der Waals surface area contributed by atoms with Crippen molar-refractivity contribution in [2.75, 3.05) is 0 Å². The lowest BCUT2D eigenvalue weighted by atomic mass is 10.0. The van der Waals surface area contributed by atoms with Crippen molar-refractivity contribution in [3.8, 4) is 0 Å². The standard InChI is InChI=1S/C13H16O/c1-3-5-6-13(14)12-9-7-11(4-2)8-10-12/h5,7-10,13-14H,1,4,6H2,2H3. The summed E-state index contributed by atoms with van der Waals surface area (Å²) < 4.78 is 0. The molecular weight excluding hydrogens is 172 g/mol. The minimum absolute atomic E-state index is 0.435. The van der Waals surface area contributed by atoms with Gasteiger partial charge in [-0.25, -0.2) is 0 Å². The second kappa shape index (κ2) is 5.43. The number of aryl methyl sites for hydroxylation is 1. The number of hydrogen-bond acceptors (Lipinski definition) is 1. The van der Waals surface area contributed by atoms with E-state index in [-0.39, 0.29) is 0 Å². The van der Waals surface area contributed by atoms with Crippen molar-refractivity contribution >= 4 is 0 Å². The Labute approximate surface area is 85.4 Å². The van der Waals surface area contributed by atoms with Gasteiger partial charge in [-0.3, -0.25) is 0 Å². The molecule has 1 aromatic carbocycles. The van der Waals surface area contributed by atoms with Crippen LogP contribution in [0.1, 0.15) is 30.6 Å². The first kappa shape index (κ1) is 10.8. The van der Waals surface area contributed by atoms with Crippen LogP contribution in [0.25, 0.3) is 0 Å². The fourth-order valence-electron chi connectivity index (χ4n) is 1.31. The second-order valence-electron chi connectivity index (χ2n) is 3.25. The molecule has 1 atom stereocenters. The summed E-state index contributed by atoms with van der Waals surface area (Å²) >= 11 is 0. The van der Waals surface area contributed by atoms with Gasteiger partial charge in [0.2, 0.25) is 0 Å². The van der Waals surface area contributed by atoms with E-state index in [2.05, 4.69) is 31.4 Å². The molecular formula is C13H16O. The van der Waals surface area contributed by atoms with Gasteiger partial charge < -0.3 is 5.11 Å². The van der Waals surface area contributed by atoms with Crippen molar-refractivity contribution in [2.24, 2.45) is 0 Å². The normalized spacial score (nSPS) is 11.9. The van der Waals surface area contributed by atoms with E-state index in [0.717, 1.165) is 12.0 Å². The smallest absolute Gasteiger partial charge is 0.0830 e. The average molecular weight is 188 g/mol. The fourth-order valence-corrected chi connectivity index (χ4v) is 1.31. The van der Waals surface area contributed by atoms with Crippen LogP contribution in [0.3, 0.4) is 0 Å². The average Bonchev–Trinajstić information content (AvgIpc) is 2.26. The van der Waals surface area contributed by atoms with Gasteiger partial charge in [-0.2, -0.15) is 0 Å². The summed E-state index contributed by atoms with van der Waals surface area (Å²) in [4.78, 5) is 0. The summed E-state index contributed by atoms with van der Waals surface area (Å²) in [6, 6.07) is 8.05. The third kappa shape index (κ3) is 2.88. The van der Waals surface area contributed by atoms with Gasteiger partial charge in [0.15, 0.2) is 0 Å². The maximum absolute atomic E-state index is 9.72. The predicted molar refractivity (Wildman–Crippen MR) is 59.1 cm³/mol. The van der Waals surface area contributed by atoms with E-state index in [1.807, 2.05) is 12.1 Å². The number of aliphatic hydroxyl groups is 1. The van der Waals surface area contributed by atoms with Gasteiger partial charge in [-0.15, -0.1) is 5.73 Å². The van der Waals surface area contributed by atoms with Gasteiger partial charge in [0.25, 0.3) is 0 Å². The van der Waals surface area contributed by atoms with Crippen LogP contribution in [0.15, 0.2) is 42.7 Å². The first-order chi connectivity index (χ1) is 6.77. The molecule has 0 amide bonds. The van der Waals surface area contributed by atoms with Crippen molar-refractivity contribution < 1.29 is 5.11 Å². The van der Waals surface area contributed by atoms with E-state index >= 15 is 0 Å². The van der Waals surface area contributed by atoms with Crippen LogP contribution in [0.2, 0.25) is 0 Å². The largest absolute Gasteiger partial charge is 0.388 e. The zero-order valence-corrected chi connectivity index (χ0v) is 8.53. The highest BCUT2D eigenvalue weighted by Gasteiger charge is 2.04. The Hall–Kier alpha value is -1.30. The van der Waals surface area contributed by atoms with E-state index in [1.165, 1.54) is 5.56 Å². The lowest BCUT2D eigenvalue weighted by Gasteiger charge is -2.08. The van der Waals surface area contributed by atoms with E-state index < -0.39 is 6.10 Å². The monoisotopic (exact) mass is 188 g/mol. The Kier molecular flexibility index (Phi) is 4.18. The highest BCUT2D eigenvalue weighted by atomic mass is 16.3. The molecule has 0 bridgehead atoms. The molecule has 1 unspecified atom stereocenters. The van der Waals surface area contributed by atoms with E-state index in [0.29, 0.717) is 6.42 Å². The van der Waals surface area contributed by atoms with Crippen molar-refractivity contribution in [3.05, 3.63) is 53.8 Å². The third-order valence-electron chi connectivity index (χ3n) is 2.26. The zero-order valence-electron chi connectivity index (χ0n) is 8.53. The zero-order chi connectivity index (χ0) is 10.4. The van der Waals surface area contributed by atoms with Crippen molar-refractivity contribution in [1.82, 2.24) is 0 Å². The lowest BCUT2D eigenvalue weighted by Crippen LogP contribution is -1.95. The minimum Gasteiger partial charge on any atom is -0.388 e. The first-order valence-corrected chi connectivity index (χ1v) is 4.89. The molecule has 14 heavy (non-hydrogen) atoms. The van der Waals surface area contributed by atoms with Gasteiger partial charge in [0.1, 0.15) is 0 Å². The number of benzene rings is 1. The maximum Gasteiger partial charge on any atom is 0.0830 e. The topological polar surface area (TPSA) is 20.2 Å². The summed E-state index contributed by atoms with van der Waals surface area (Å²) in [6.45, 7) is 5.58. The summed E-state index contributed by atoms with van der Waals surface area (Å²) in [7, 11) is 0. The Balaban J connectivity index is 2.70. The highest BCUT2D eigenvalue weighted by Crippen LogP contribution is 2.17. The van der Waals surface area contributed by atoms with Crippen LogP contribution in [0, 0.1) is 0 Å². The maximum atomic E-state index is 9.72. The van der Waals surface area contributed by atoms with Crippen molar-refractivity contribution in [2.45, 2.75) is 25.9 Å².